The fourth-order valence-electron chi connectivity index (χ4n) is 2.84. The molecule has 1 aliphatic carbocycles. The summed E-state index contributed by atoms with van der Waals surface area (Å²) in [4.78, 5) is 2.46. The molecule has 0 bridgehead atoms. The van der Waals surface area contributed by atoms with E-state index in [4.69, 9.17) is 0 Å². The smallest absolute Gasteiger partial charge is 0.0613 e. The Morgan fingerprint density at radius 3 is 2.50 bits per heavy atom. The van der Waals surface area contributed by atoms with Crippen LogP contribution in [-0.4, -0.2) is 48.8 Å². The number of likely N-dealkylation sites (N-methyl/N-ethyl adjacent to an activating group) is 1. The van der Waals surface area contributed by atoms with E-state index in [1.54, 1.807) is 0 Å². The molecule has 3 nitrogen and oxygen atoms in total. The van der Waals surface area contributed by atoms with Gasteiger partial charge in [0.1, 0.15) is 0 Å². The van der Waals surface area contributed by atoms with Crippen molar-refractivity contribution < 1.29 is 5.11 Å². The van der Waals surface area contributed by atoms with E-state index in [1.165, 1.54) is 19.4 Å². The Hall–Kier alpha value is -0.120. The van der Waals surface area contributed by atoms with Crippen molar-refractivity contribution in [2.75, 3.05) is 33.3 Å². The Bertz CT molecular complexity index is 229. The molecular weight excluding hydrogens is 224 g/mol. The van der Waals surface area contributed by atoms with Crippen LogP contribution in [0.2, 0.25) is 0 Å². The highest BCUT2D eigenvalue weighted by Crippen LogP contribution is 2.37. The minimum atomic E-state index is -0.0531. The van der Waals surface area contributed by atoms with Gasteiger partial charge in [0, 0.05) is 12.1 Å². The molecule has 0 radical (unpaired) electrons. The van der Waals surface area contributed by atoms with E-state index in [1.807, 2.05) is 0 Å². The van der Waals surface area contributed by atoms with E-state index >= 15 is 0 Å². The highest BCUT2D eigenvalue weighted by molar-refractivity contribution is 4.87. The Morgan fingerprint density at radius 2 is 2.06 bits per heavy atom. The summed E-state index contributed by atoms with van der Waals surface area (Å²) in [7, 11) is 2.23. The highest BCUT2D eigenvalue weighted by Gasteiger charge is 2.33. The average Bonchev–Trinajstić information content (AvgIpc) is 3.03. The van der Waals surface area contributed by atoms with Crippen molar-refractivity contribution in [3.63, 3.8) is 0 Å². The molecule has 3 atom stereocenters. The van der Waals surface area contributed by atoms with Crippen molar-refractivity contribution in [1.29, 1.82) is 0 Å². The van der Waals surface area contributed by atoms with E-state index in [9.17, 15) is 5.11 Å². The lowest BCUT2D eigenvalue weighted by molar-refractivity contribution is 0.141. The third-order valence-corrected chi connectivity index (χ3v) is 4.55. The number of hydrogen-bond donors (Lipinski definition) is 2. The van der Waals surface area contributed by atoms with Crippen molar-refractivity contribution >= 4 is 0 Å². The third kappa shape index (κ3) is 4.87. The maximum Gasteiger partial charge on any atom is 0.0613 e. The first-order chi connectivity index (χ1) is 8.56. The summed E-state index contributed by atoms with van der Waals surface area (Å²) in [5, 5.41) is 13.0. The SMILES string of the molecule is CCNC(CC)(CO)CCCN(C)CC1CC1C. The fourth-order valence-corrected chi connectivity index (χ4v) is 2.84. The molecule has 1 fully saturated rings. The summed E-state index contributed by atoms with van der Waals surface area (Å²) in [6.07, 6.45) is 4.65. The monoisotopic (exact) mass is 256 g/mol. The predicted octanol–water partition coefficient (Wildman–Crippen LogP) is 2.10. The minimum absolute atomic E-state index is 0.0531. The summed E-state index contributed by atoms with van der Waals surface area (Å²) in [6, 6.07) is 0. The number of aliphatic hydroxyl groups is 1. The van der Waals surface area contributed by atoms with Crippen molar-refractivity contribution in [2.24, 2.45) is 11.8 Å². The topological polar surface area (TPSA) is 35.5 Å². The molecule has 0 aromatic heterocycles. The van der Waals surface area contributed by atoms with Crippen LogP contribution < -0.4 is 5.32 Å². The number of aliphatic hydroxyl groups excluding tert-OH is 1. The molecule has 1 aliphatic rings. The highest BCUT2D eigenvalue weighted by atomic mass is 16.3. The van der Waals surface area contributed by atoms with Gasteiger partial charge in [-0.3, -0.25) is 0 Å². The normalized spacial score (nSPS) is 26.3. The van der Waals surface area contributed by atoms with Gasteiger partial charge in [0.15, 0.2) is 0 Å². The second kappa shape index (κ2) is 7.46. The summed E-state index contributed by atoms with van der Waals surface area (Å²) >= 11 is 0. The molecule has 3 heteroatoms. The van der Waals surface area contributed by atoms with Gasteiger partial charge >= 0.3 is 0 Å². The molecule has 0 aromatic rings. The molecule has 18 heavy (non-hydrogen) atoms. The van der Waals surface area contributed by atoms with Crippen molar-refractivity contribution in [1.82, 2.24) is 10.2 Å². The van der Waals surface area contributed by atoms with Crippen LogP contribution in [0.15, 0.2) is 0 Å². The Morgan fingerprint density at radius 1 is 1.39 bits per heavy atom. The summed E-state index contributed by atoms with van der Waals surface area (Å²) in [6.45, 7) is 10.2. The Balaban J connectivity index is 2.20. The van der Waals surface area contributed by atoms with Gasteiger partial charge in [0.2, 0.25) is 0 Å². The van der Waals surface area contributed by atoms with Crippen LogP contribution in [0.25, 0.3) is 0 Å². The molecule has 0 spiro atoms. The van der Waals surface area contributed by atoms with Crippen LogP contribution in [0.4, 0.5) is 0 Å². The second-order valence-corrected chi connectivity index (χ2v) is 6.16. The van der Waals surface area contributed by atoms with E-state index in [0.29, 0.717) is 0 Å². The molecular formula is C15H32N2O. The molecule has 0 saturated heterocycles. The molecule has 0 heterocycles. The van der Waals surface area contributed by atoms with Gasteiger partial charge in [-0.15, -0.1) is 0 Å². The van der Waals surface area contributed by atoms with Crippen LogP contribution in [0.5, 0.6) is 0 Å². The number of hydrogen-bond acceptors (Lipinski definition) is 3. The molecule has 0 aliphatic heterocycles. The number of nitrogens with zero attached hydrogens (tertiary/aromatic N) is 1. The molecule has 2 N–H and O–H groups in total. The predicted molar refractivity (Wildman–Crippen MR) is 77.8 cm³/mol. The van der Waals surface area contributed by atoms with Crippen molar-refractivity contribution in [2.45, 2.75) is 52.0 Å². The maximum absolute atomic E-state index is 9.59. The van der Waals surface area contributed by atoms with Gasteiger partial charge < -0.3 is 15.3 Å². The van der Waals surface area contributed by atoms with Gasteiger partial charge in [-0.1, -0.05) is 20.8 Å². The maximum atomic E-state index is 9.59. The standard InChI is InChI=1S/C15H32N2O/c1-5-15(12-18,16-6-2)8-7-9-17(4)11-14-10-13(14)3/h13-14,16,18H,5-12H2,1-4H3. The molecule has 108 valence electrons. The van der Waals surface area contributed by atoms with E-state index in [-0.39, 0.29) is 12.1 Å². The van der Waals surface area contributed by atoms with Crippen LogP contribution >= 0.6 is 0 Å². The molecule has 1 rings (SSSR count). The minimum Gasteiger partial charge on any atom is -0.394 e. The van der Waals surface area contributed by atoms with Crippen molar-refractivity contribution in [3.05, 3.63) is 0 Å². The Kier molecular flexibility index (Phi) is 6.61. The molecule has 3 unspecified atom stereocenters. The molecule has 1 saturated carbocycles. The summed E-state index contributed by atoms with van der Waals surface area (Å²) in [5.41, 5.74) is -0.0531. The van der Waals surface area contributed by atoms with Gasteiger partial charge in [0.25, 0.3) is 0 Å². The third-order valence-electron chi connectivity index (χ3n) is 4.55. The van der Waals surface area contributed by atoms with E-state index in [2.05, 4.69) is 38.0 Å². The van der Waals surface area contributed by atoms with Gasteiger partial charge in [-0.2, -0.15) is 0 Å². The fraction of sp³-hybridized carbons (Fsp3) is 1.00. The zero-order chi connectivity index (χ0) is 13.6. The Labute approximate surface area is 113 Å². The summed E-state index contributed by atoms with van der Waals surface area (Å²) in [5.74, 6) is 1.89. The second-order valence-electron chi connectivity index (χ2n) is 6.16. The quantitative estimate of drug-likeness (QED) is 0.628. The lowest BCUT2D eigenvalue weighted by atomic mass is 9.91. The molecule has 0 amide bonds. The number of rotatable bonds is 10. The van der Waals surface area contributed by atoms with Gasteiger partial charge in [-0.05, 0) is 57.7 Å². The first-order valence-electron chi connectivity index (χ1n) is 7.61. The van der Waals surface area contributed by atoms with Crippen LogP contribution in [-0.2, 0) is 0 Å². The zero-order valence-electron chi connectivity index (χ0n) is 12.7. The first kappa shape index (κ1) is 15.9. The van der Waals surface area contributed by atoms with Gasteiger partial charge in [0.05, 0.1) is 6.61 Å². The van der Waals surface area contributed by atoms with E-state index in [0.717, 1.165) is 37.8 Å². The van der Waals surface area contributed by atoms with Crippen LogP contribution in [0.1, 0.15) is 46.5 Å². The van der Waals surface area contributed by atoms with Crippen molar-refractivity contribution in [3.8, 4) is 0 Å². The van der Waals surface area contributed by atoms with Gasteiger partial charge in [-0.25, -0.2) is 0 Å². The first-order valence-corrected chi connectivity index (χ1v) is 7.61. The number of nitrogens with one attached hydrogen (secondary N) is 1. The van der Waals surface area contributed by atoms with E-state index < -0.39 is 0 Å². The average molecular weight is 256 g/mol. The largest absolute Gasteiger partial charge is 0.394 e. The summed E-state index contributed by atoms with van der Waals surface area (Å²) < 4.78 is 0. The lowest BCUT2D eigenvalue weighted by Crippen LogP contribution is -2.48. The van der Waals surface area contributed by atoms with Crippen LogP contribution in [0, 0.1) is 11.8 Å². The molecule has 0 aromatic carbocycles. The zero-order valence-corrected chi connectivity index (χ0v) is 12.7. The lowest BCUT2D eigenvalue weighted by Gasteiger charge is -2.32. The van der Waals surface area contributed by atoms with Crippen LogP contribution in [0.3, 0.4) is 0 Å².